The molecule has 0 atom stereocenters. The van der Waals surface area contributed by atoms with Gasteiger partial charge in [-0.1, -0.05) is 23.2 Å². The minimum atomic E-state index is 0.422. The van der Waals surface area contributed by atoms with Crippen LogP contribution in [-0.2, 0) is 0 Å². The lowest BCUT2D eigenvalue weighted by Crippen LogP contribution is -1.96. The number of anilines is 1. The Morgan fingerprint density at radius 3 is 2.33 bits per heavy atom. The lowest BCUT2D eigenvalue weighted by molar-refractivity contribution is 1.06. The number of hydrogen-bond donors (Lipinski definition) is 1. The molecule has 0 aliphatic heterocycles. The molecule has 0 radical (unpaired) electrons. The Bertz CT molecular complexity index is 464. The molecule has 0 aliphatic rings. The molecule has 0 aliphatic carbocycles. The van der Waals surface area contributed by atoms with E-state index in [1.54, 1.807) is 12.1 Å². The molecule has 1 heterocycles. The van der Waals surface area contributed by atoms with E-state index in [0.29, 0.717) is 27.1 Å². The highest BCUT2D eigenvalue weighted by Crippen LogP contribution is 2.33. The Morgan fingerprint density at radius 1 is 1.07 bits per heavy atom. The van der Waals surface area contributed by atoms with Gasteiger partial charge in [0.1, 0.15) is 12.7 Å². The first-order valence-corrected chi connectivity index (χ1v) is 4.81. The normalized spacial score (nSPS) is 10.3. The first kappa shape index (κ1) is 10.1. The number of nitrogens with two attached hydrogens (primary N) is 1. The van der Waals surface area contributed by atoms with Gasteiger partial charge in [0.05, 0.1) is 10.6 Å². The van der Waals surface area contributed by atoms with Gasteiger partial charge in [-0.15, -0.1) is 0 Å². The van der Waals surface area contributed by atoms with Crippen LogP contribution in [0.1, 0.15) is 0 Å². The Balaban J connectivity index is 2.64. The average molecular weight is 241 g/mol. The summed E-state index contributed by atoms with van der Waals surface area (Å²) in [5, 5.41) is 0.904. The summed E-state index contributed by atoms with van der Waals surface area (Å²) in [7, 11) is 0. The molecule has 76 valence electrons. The molecule has 1 aromatic carbocycles. The molecule has 0 amide bonds. The zero-order valence-corrected chi connectivity index (χ0v) is 9.00. The van der Waals surface area contributed by atoms with E-state index in [9.17, 15) is 0 Å². The molecule has 0 bridgehead atoms. The molecule has 2 aromatic rings. The van der Waals surface area contributed by atoms with Crippen molar-refractivity contribution < 1.29 is 0 Å². The summed E-state index contributed by atoms with van der Waals surface area (Å²) in [5.74, 6) is 0.434. The third kappa shape index (κ3) is 2.00. The van der Waals surface area contributed by atoms with Gasteiger partial charge in [-0.05, 0) is 12.1 Å². The molecule has 2 rings (SSSR count). The quantitative estimate of drug-likeness (QED) is 0.778. The van der Waals surface area contributed by atoms with Crippen LogP contribution in [-0.4, -0.2) is 15.0 Å². The van der Waals surface area contributed by atoms with E-state index in [1.807, 2.05) is 0 Å². The molecule has 15 heavy (non-hydrogen) atoms. The number of aromatic nitrogens is 3. The van der Waals surface area contributed by atoms with Crippen LogP contribution < -0.4 is 5.73 Å². The number of nitrogens with zero attached hydrogens (tertiary/aromatic N) is 3. The summed E-state index contributed by atoms with van der Waals surface area (Å²) < 4.78 is 0. The molecule has 0 saturated heterocycles. The Morgan fingerprint density at radius 2 is 1.73 bits per heavy atom. The highest BCUT2D eigenvalue weighted by Gasteiger charge is 2.11. The second kappa shape index (κ2) is 4.00. The van der Waals surface area contributed by atoms with Gasteiger partial charge < -0.3 is 5.73 Å². The molecular formula is C9H6Cl2N4. The SMILES string of the molecule is Nc1cc(Cl)cc(Cl)c1-c1ncncn1. The molecule has 1 aromatic heterocycles. The van der Waals surface area contributed by atoms with Crippen LogP contribution in [0.15, 0.2) is 24.8 Å². The number of halogens is 2. The van der Waals surface area contributed by atoms with E-state index in [4.69, 9.17) is 28.9 Å². The van der Waals surface area contributed by atoms with Crippen molar-refractivity contribution in [3.8, 4) is 11.4 Å². The van der Waals surface area contributed by atoms with E-state index in [1.165, 1.54) is 12.7 Å². The fourth-order valence-corrected chi connectivity index (χ4v) is 1.79. The van der Waals surface area contributed by atoms with Crippen LogP contribution >= 0.6 is 23.2 Å². The molecule has 0 spiro atoms. The average Bonchev–Trinajstić information content (AvgIpc) is 2.17. The topological polar surface area (TPSA) is 64.7 Å². The smallest absolute Gasteiger partial charge is 0.166 e. The summed E-state index contributed by atoms with van der Waals surface area (Å²) in [6, 6.07) is 3.20. The zero-order valence-electron chi connectivity index (χ0n) is 7.48. The minimum absolute atomic E-state index is 0.422. The predicted octanol–water partition coefficient (Wildman–Crippen LogP) is 2.43. The van der Waals surface area contributed by atoms with Crippen molar-refractivity contribution in [2.24, 2.45) is 0 Å². The lowest BCUT2D eigenvalue weighted by Gasteiger charge is -2.06. The van der Waals surface area contributed by atoms with Crippen molar-refractivity contribution in [1.82, 2.24) is 15.0 Å². The maximum absolute atomic E-state index is 6.00. The second-order valence-corrected chi connectivity index (χ2v) is 3.66. The van der Waals surface area contributed by atoms with Crippen molar-refractivity contribution >= 4 is 28.9 Å². The van der Waals surface area contributed by atoms with Gasteiger partial charge in [0.25, 0.3) is 0 Å². The van der Waals surface area contributed by atoms with Crippen molar-refractivity contribution in [3.63, 3.8) is 0 Å². The highest BCUT2D eigenvalue weighted by atomic mass is 35.5. The standard InChI is InChI=1S/C9H6Cl2N4/c10-5-1-6(11)8(7(12)2-5)9-14-3-13-4-15-9/h1-4H,12H2. The van der Waals surface area contributed by atoms with Crippen LogP contribution in [0.3, 0.4) is 0 Å². The fourth-order valence-electron chi connectivity index (χ4n) is 1.20. The van der Waals surface area contributed by atoms with E-state index in [-0.39, 0.29) is 0 Å². The van der Waals surface area contributed by atoms with Crippen LogP contribution in [0.4, 0.5) is 5.69 Å². The van der Waals surface area contributed by atoms with Crippen molar-refractivity contribution in [2.75, 3.05) is 5.73 Å². The summed E-state index contributed by atoms with van der Waals surface area (Å²) in [5.41, 5.74) is 6.80. The third-order valence-corrected chi connectivity index (χ3v) is 2.32. The number of nitrogen functional groups attached to an aromatic ring is 1. The summed E-state index contributed by atoms with van der Waals surface area (Å²) in [6.45, 7) is 0. The summed E-state index contributed by atoms with van der Waals surface area (Å²) in [4.78, 5) is 11.7. The van der Waals surface area contributed by atoms with Crippen molar-refractivity contribution in [1.29, 1.82) is 0 Å². The van der Waals surface area contributed by atoms with Gasteiger partial charge in [0.2, 0.25) is 0 Å². The van der Waals surface area contributed by atoms with Gasteiger partial charge in [-0.25, -0.2) is 15.0 Å². The maximum atomic E-state index is 6.00. The van der Waals surface area contributed by atoms with E-state index in [0.717, 1.165) is 0 Å². The summed E-state index contributed by atoms with van der Waals surface area (Å²) >= 11 is 11.8. The fraction of sp³-hybridized carbons (Fsp3) is 0. The van der Waals surface area contributed by atoms with Crippen molar-refractivity contribution in [2.45, 2.75) is 0 Å². The molecule has 0 unspecified atom stereocenters. The molecule has 4 nitrogen and oxygen atoms in total. The van der Waals surface area contributed by atoms with Gasteiger partial charge in [0, 0.05) is 10.7 Å². The maximum Gasteiger partial charge on any atom is 0.166 e. The molecule has 0 saturated carbocycles. The minimum Gasteiger partial charge on any atom is -0.398 e. The van der Waals surface area contributed by atoms with Gasteiger partial charge in [0.15, 0.2) is 5.82 Å². The largest absolute Gasteiger partial charge is 0.398 e. The molecule has 0 fully saturated rings. The van der Waals surface area contributed by atoms with Gasteiger partial charge >= 0.3 is 0 Å². The monoisotopic (exact) mass is 240 g/mol. The number of hydrogen-bond acceptors (Lipinski definition) is 4. The Kier molecular flexibility index (Phi) is 2.70. The lowest BCUT2D eigenvalue weighted by atomic mass is 10.1. The zero-order chi connectivity index (χ0) is 10.8. The van der Waals surface area contributed by atoms with E-state index >= 15 is 0 Å². The Hall–Kier alpha value is -1.39. The molecule has 2 N–H and O–H groups in total. The molecule has 6 heteroatoms. The number of benzene rings is 1. The second-order valence-electron chi connectivity index (χ2n) is 2.81. The predicted molar refractivity (Wildman–Crippen MR) is 59.7 cm³/mol. The number of rotatable bonds is 1. The Labute approximate surface area is 96.1 Å². The van der Waals surface area contributed by atoms with Crippen molar-refractivity contribution in [3.05, 3.63) is 34.8 Å². The van der Waals surface area contributed by atoms with Crippen LogP contribution in [0, 0.1) is 0 Å². The van der Waals surface area contributed by atoms with E-state index in [2.05, 4.69) is 15.0 Å². The van der Waals surface area contributed by atoms with Gasteiger partial charge in [-0.3, -0.25) is 0 Å². The highest BCUT2D eigenvalue weighted by molar-refractivity contribution is 6.37. The first-order valence-electron chi connectivity index (χ1n) is 4.05. The van der Waals surface area contributed by atoms with Crippen LogP contribution in [0.2, 0.25) is 10.0 Å². The molecular weight excluding hydrogens is 235 g/mol. The van der Waals surface area contributed by atoms with Crippen LogP contribution in [0.25, 0.3) is 11.4 Å². The summed E-state index contributed by atoms with van der Waals surface area (Å²) in [6.07, 6.45) is 2.76. The first-order chi connectivity index (χ1) is 7.18. The van der Waals surface area contributed by atoms with Gasteiger partial charge in [-0.2, -0.15) is 0 Å². The van der Waals surface area contributed by atoms with Crippen LogP contribution in [0.5, 0.6) is 0 Å². The van der Waals surface area contributed by atoms with E-state index < -0.39 is 0 Å². The third-order valence-electron chi connectivity index (χ3n) is 1.80.